The van der Waals surface area contributed by atoms with E-state index >= 15 is 0 Å². The van der Waals surface area contributed by atoms with Crippen LogP contribution in [0.2, 0.25) is 0 Å². The number of unbranched alkanes of at least 4 members (excludes halogenated alkanes) is 1. The lowest BCUT2D eigenvalue weighted by Crippen LogP contribution is -2.38. The molecule has 0 fully saturated rings. The van der Waals surface area contributed by atoms with Crippen LogP contribution in [0.4, 0.5) is 0 Å². The minimum Gasteiger partial charge on any atom is -0.481 e. The first kappa shape index (κ1) is 20.1. The Hall–Kier alpha value is -2.20. The molecule has 0 aliphatic carbocycles. The summed E-state index contributed by atoms with van der Waals surface area (Å²) in [6.07, 6.45) is 1.44. The maximum absolute atomic E-state index is 10.2. The van der Waals surface area contributed by atoms with Gasteiger partial charge in [-0.3, -0.25) is 9.59 Å². The zero-order valence-corrected chi connectivity index (χ0v) is 10.6. The summed E-state index contributed by atoms with van der Waals surface area (Å²) in [5.41, 5.74) is 9.75. The van der Waals surface area contributed by atoms with E-state index in [-0.39, 0.29) is 6.42 Å². The lowest BCUT2D eigenvalue weighted by molar-refractivity contribution is -0.149. The van der Waals surface area contributed by atoms with E-state index in [2.05, 4.69) is 5.73 Å². The quantitative estimate of drug-likeness (QED) is 0.226. The first-order valence-corrected chi connectivity index (χ1v) is 5.51. The second-order valence-electron chi connectivity index (χ2n) is 3.74. The van der Waals surface area contributed by atoms with E-state index < -0.39 is 36.0 Å². The van der Waals surface area contributed by atoms with Crippen LogP contribution in [0.3, 0.4) is 0 Å². The zero-order valence-electron chi connectivity index (χ0n) is 10.6. The Bertz CT molecular complexity index is 343. The molecule has 0 aliphatic rings. The van der Waals surface area contributed by atoms with Crippen LogP contribution in [0.15, 0.2) is 0 Å². The van der Waals surface area contributed by atoms with Crippen LogP contribution in [-0.4, -0.2) is 56.4 Å². The van der Waals surface area contributed by atoms with Crippen molar-refractivity contribution in [3.63, 3.8) is 0 Å². The molecule has 1 atom stereocenters. The maximum Gasteiger partial charge on any atom is 0.332 e. The van der Waals surface area contributed by atoms with Crippen LogP contribution in [-0.2, 0) is 19.2 Å². The van der Waals surface area contributed by atoms with Crippen molar-refractivity contribution in [2.24, 2.45) is 11.5 Å². The van der Waals surface area contributed by atoms with Gasteiger partial charge in [-0.1, -0.05) is 6.42 Å². The number of carboxylic acids is 4. The number of aliphatic carboxylic acids is 4. The average molecular weight is 294 g/mol. The molecule has 0 saturated carbocycles. The van der Waals surface area contributed by atoms with Crippen LogP contribution >= 0.6 is 0 Å². The Morgan fingerprint density at radius 3 is 1.50 bits per heavy atom. The molecule has 1 unspecified atom stereocenters. The van der Waals surface area contributed by atoms with Gasteiger partial charge >= 0.3 is 23.9 Å². The Kier molecular flexibility index (Phi) is 10.8. The highest BCUT2D eigenvalue weighted by atomic mass is 16.4. The van der Waals surface area contributed by atoms with Gasteiger partial charge in [-0.25, -0.2) is 9.59 Å². The third-order valence-electron chi connectivity index (χ3n) is 2.01. The minimum atomic E-state index is -1.80. The molecule has 0 radical (unpaired) electrons. The van der Waals surface area contributed by atoms with E-state index in [9.17, 15) is 19.2 Å². The highest BCUT2D eigenvalue weighted by Crippen LogP contribution is 2.02. The molecule has 0 amide bonds. The topological polar surface area (TPSA) is 201 Å². The molecular formula is C10H18N2O8. The standard InChI is InChI=1S/C7H13NO4.C3H5NO4/c8-5(7(11)12)3-1-2-4-6(9)10;4-1(2(5)6)3(7)8/h5H,1-4,8H2,(H,9,10)(H,11,12);1H,4H2,(H,5,6)(H,7,8). The molecular weight excluding hydrogens is 276 g/mol. The minimum absolute atomic E-state index is 0.0757. The first-order valence-electron chi connectivity index (χ1n) is 5.51. The molecule has 10 nitrogen and oxygen atoms in total. The maximum atomic E-state index is 10.2. The van der Waals surface area contributed by atoms with E-state index in [1.807, 2.05) is 0 Å². The van der Waals surface area contributed by atoms with Crippen molar-refractivity contribution >= 4 is 23.9 Å². The van der Waals surface area contributed by atoms with E-state index in [1.54, 1.807) is 0 Å². The number of hydrogen-bond donors (Lipinski definition) is 6. The first-order chi connectivity index (χ1) is 9.09. The van der Waals surface area contributed by atoms with E-state index in [1.165, 1.54) is 0 Å². The lowest BCUT2D eigenvalue weighted by Gasteiger charge is -2.03. The molecule has 0 aromatic heterocycles. The summed E-state index contributed by atoms with van der Waals surface area (Å²) in [5, 5.41) is 32.3. The molecule has 8 N–H and O–H groups in total. The number of nitrogens with two attached hydrogens (primary N) is 2. The number of carbonyl (C=O) groups is 4. The van der Waals surface area contributed by atoms with E-state index in [0.29, 0.717) is 19.3 Å². The molecule has 0 aromatic carbocycles. The number of rotatable bonds is 8. The fourth-order valence-corrected chi connectivity index (χ4v) is 0.870. The Labute approximate surface area is 114 Å². The molecule has 20 heavy (non-hydrogen) atoms. The van der Waals surface area contributed by atoms with Gasteiger partial charge < -0.3 is 31.9 Å². The Balaban J connectivity index is 0. The second-order valence-corrected chi connectivity index (χ2v) is 3.74. The summed E-state index contributed by atoms with van der Waals surface area (Å²) in [5.74, 6) is -4.96. The predicted octanol–water partition coefficient (Wildman–Crippen LogP) is -1.47. The van der Waals surface area contributed by atoms with Crippen molar-refractivity contribution in [2.45, 2.75) is 37.8 Å². The van der Waals surface area contributed by atoms with Crippen molar-refractivity contribution < 1.29 is 39.6 Å². The van der Waals surface area contributed by atoms with Gasteiger partial charge in [0, 0.05) is 6.42 Å². The highest BCUT2D eigenvalue weighted by molar-refractivity contribution is 5.96. The van der Waals surface area contributed by atoms with Gasteiger partial charge in [-0.05, 0) is 12.8 Å². The van der Waals surface area contributed by atoms with Gasteiger partial charge in [0.15, 0.2) is 0 Å². The fourth-order valence-electron chi connectivity index (χ4n) is 0.870. The normalized spacial score (nSPS) is 11.2. The Morgan fingerprint density at radius 2 is 1.25 bits per heavy atom. The Morgan fingerprint density at radius 1 is 0.800 bits per heavy atom. The van der Waals surface area contributed by atoms with Gasteiger partial charge in [0.2, 0.25) is 6.04 Å². The zero-order chi connectivity index (χ0) is 16.3. The third-order valence-corrected chi connectivity index (χ3v) is 2.01. The van der Waals surface area contributed by atoms with Crippen molar-refractivity contribution in [3.8, 4) is 0 Å². The van der Waals surface area contributed by atoms with Crippen molar-refractivity contribution in [1.29, 1.82) is 0 Å². The largest absolute Gasteiger partial charge is 0.481 e. The average Bonchev–Trinajstić information content (AvgIpc) is 2.33. The van der Waals surface area contributed by atoms with Crippen LogP contribution in [0.1, 0.15) is 25.7 Å². The van der Waals surface area contributed by atoms with Crippen molar-refractivity contribution in [1.82, 2.24) is 0 Å². The number of hydrogen-bond acceptors (Lipinski definition) is 6. The summed E-state index contributed by atoms with van der Waals surface area (Å²) in [4.78, 5) is 39.5. The van der Waals surface area contributed by atoms with Crippen molar-refractivity contribution in [3.05, 3.63) is 0 Å². The fraction of sp³-hybridized carbons (Fsp3) is 0.600. The molecule has 0 aromatic rings. The van der Waals surface area contributed by atoms with Crippen molar-refractivity contribution in [2.75, 3.05) is 0 Å². The van der Waals surface area contributed by atoms with Gasteiger partial charge in [0.1, 0.15) is 6.04 Å². The van der Waals surface area contributed by atoms with Crippen LogP contribution in [0, 0.1) is 0 Å². The molecule has 116 valence electrons. The summed E-state index contributed by atoms with van der Waals surface area (Å²) in [7, 11) is 0. The van der Waals surface area contributed by atoms with Gasteiger partial charge in [0.05, 0.1) is 0 Å². The van der Waals surface area contributed by atoms with Crippen LogP contribution in [0.5, 0.6) is 0 Å². The molecule has 0 aliphatic heterocycles. The molecule has 0 heterocycles. The summed E-state index contributed by atoms with van der Waals surface area (Å²) >= 11 is 0. The van der Waals surface area contributed by atoms with Gasteiger partial charge in [-0.2, -0.15) is 0 Å². The summed E-state index contributed by atoms with van der Waals surface area (Å²) in [6.45, 7) is 0. The van der Waals surface area contributed by atoms with Gasteiger partial charge in [0.25, 0.3) is 0 Å². The second kappa shape index (κ2) is 10.7. The van der Waals surface area contributed by atoms with Crippen LogP contribution < -0.4 is 11.5 Å². The monoisotopic (exact) mass is 294 g/mol. The highest BCUT2D eigenvalue weighted by Gasteiger charge is 2.18. The van der Waals surface area contributed by atoms with Gasteiger partial charge in [-0.15, -0.1) is 0 Å². The summed E-state index contributed by atoms with van der Waals surface area (Å²) < 4.78 is 0. The SMILES string of the molecule is NC(C(=O)O)C(=O)O.NC(CCCCC(=O)O)C(=O)O. The van der Waals surface area contributed by atoms with E-state index in [4.69, 9.17) is 26.2 Å². The predicted molar refractivity (Wildman–Crippen MR) is 65.0 cm³/mol. The molecule has 0 bridgehead atoms. The molecule has 0 spiro atoms. The molecule has 0 saturated heterocycles. The smallest absolute Gasteiger partial charge is 0.332 e. The van der Waals surface area contributed by atoms with Crippen LogP contribution in [0.25, 0.3) is 0 Å². The summed E-state index contributed by atoms with van der Waals surface area (Å²) in [6, 6.07) is -2.66. The molecule has 0 rings (SSSR count). The lowest BCUT2D eigenvalue weighted by atomic mass is 10.1. The third kappa shape index (κ3) is 12.3. The van der Waals surface area contributed by atoms with E-state index in [0.717, 1.165) is 0 Å². The number of carboxylic acid groups (broad SMARTS) is 4. The molecule has 10 heteroatoms.